The van der Waals surface area contributed by atoms with Gasteiger partial charge in [0.2, 0.25) is 0 Å². The van der Waals surface area contributed by atoms with E-state index in [0.717, 1.165) is 37.7 Å². The average molecular weight is 488 g/mol. The van der Waals surface area contributed by atoms with E-state index in [2.05, 4.69) is 38.3 Å². The van der Waals surface area contributed by atoms with E-state index in [4.69, 9.17) is 22.7 Å². The van der Waals surface area contributed by atoms with E-state index in [-0.39, 0.29) is 16.4 Å². The number of anilines is 1. The summed E-state index contributed by atoms with van der Waals surface area (Å²) < 4.78 is 5.68. The van der Waals surface area contributed by atoms with E-state index in [9.17, 15) is 9.59 Å². The zero-order valence-electron chi connectivity index (χ0n) is 19.7. The van der Waals surface area contributed by atoms with Crippen LogP contribution in [0.3, 0.4) is 0 Å². The lowest BCUT2D eigenvalue weighted by molar-refractivity contribution is 0.0975. The van der Waals surface area contributed by atoms with Crippen LogP contribution >= 0.6 is 23.6 Å². The molecule has 0 bridgehead atoms. The Morgan fingerprint density at radius 2 is 2.06 bits per heavy atom. The zero-order chi connectivity index (χ0) is 24.2. The summed E-state index contributed by atoms with van der Waals surface area (Å²) in [5.74, 6) is 0.361. The predicted molar refractivity (Wildman–Crippen MR) is 138 cm³/mol. The Bertz CT molecular complexity index is 1040. The molecule has 8 heteroatoms. The summed E-state index contributed by atoms with van der Waals surface area (Å²) in [6.07, 6.45) is 4.74. The van der Waals surface area contributed by atoms with Crippen molar-refractivity contribution in [1.82, 2.24) is 5.32 Å². The fourth-order valence-corrected chi connectivity index (χ4v) is 5.64. The third-order valence-electron chi connectivity index (χ3n) is 6.05. The van der Waals surface area contributed by atoms with Gasteiger partial charge in [-0.25, -0.2) is 0 Å². The second kappa shape index (κ2) is 10.7. The van der Waals surface area contributed by atoms with Gasteiger partial charge in [0.05, 0.1) is 12.2 Å². The minimum absolute atomic E-state index is 0.130. The highest BCUT2D eigenvalue weighted by Gasteiger charge is 2.33. The van der Waals surface area contributed by atoms with Crippen molar-refractivity contribution in [3.05, 3.63) is 45.8 Å². The summed E-state index contributed by atoms with van der Waals surface area (Å²) in [6, 6.07) is 6.99. The highest BCUT2D eigenvalue weighted by molar-refractivity contribution is 7.80. The number of hydrogen-bond acceptors (Lipinski definition) is 5. The number of hydrogen-bond donors (Lipinski definition) is 3. The number of ether oxygens (including phenoxy) is 1. The number of primary amides is 1. The largest absolute Gasteiger partial charge is 0.494 e. The standard InChI is InChI=1S/C25H33N3O3S2/c1-5-6-12-31-17-9-7-8-15(13-17)22(30)27-24(32)28-23-20(21(26)29)18-11-10-16(25(2,3)4)14-19(18)33-23/h7-9,13,16H,5-6,10-12,14H2,1-4H3,(H2,26,29)(H2,27,28,30,32)/t16-/m1/s1. The van der Waals surface area contributed by atoms with Crippen molar-refractivity contribution in [2.45, 2.75) is 59.8 Å². The zero-order valence-corrected chi connectivity index (χ0v) is 21.4. The topological polar surface area (TPSA) is 93.4 Å². The number of unbranched alkanes of at least 4 members (excludes halogenated alkanes) is 1. The second-order valence-electron chi connectivity index (χ2n) is 9.52. The average Bonchev–Trinajstić information content (AvgIpc) is 3.10. The fraction of sp³-hybridized carbons (Fsp3) is 0.480. The maximum Gasteiger partial charge on any atom is 0.257 e. The number of amides is 2. The van der Waals surface area contributed by atoms with Crippen molar-refractivity contribution < 1.29 is 14.3 Å². The van der Waals surface area contributed by atoms with Gasteiger partial charge in [0, 0.05) is 10.4 Å². The van der Waals surface area contributed by atoms with Crippen molar-refractivity contribution in [2.24, 2.45) is 17.1 Å². The third-order valence-corrected chi connectivity index (χ3v) is 7.43. The molecule has 2 aromatic rings. The van der Waals surface area contributed by atoms with Crippen LogP contribution in [0.25, 0.3) is 0 Å². The molecule has 0 unspecified atom stereocenters. The quantitative estimate of drug-likeness (QED) is 0.364. The monoisotopic (exact) mass is 487 g/mol. The number of nitrogens with one attached hydrogen (secondary N) is 2. The number of carbonyl (C=O) groups is 2. The molecule has 1 aliphatic rings. The van der Waals surface area contributed by atoms with E-state index in [1.54, 1.807) is 18.2 Å². The van der Waals surface area contributed by atoms with Gasteiger partial charge in [0.25, 0.3) is 11.8 Å². The summed E-state index contributed by atoms with van der Waals surface area (Å²) in [6.45, 7) is 9.45. The van der Waals surface area contributed by atoms with Gasteiger partial charge >= 0.3 is 0 Å². The lowest BCUT2D eigenvalue weighted by Gasteiger charge is -2.33. The van der Waals surface area contributed by atoms with Gasteiger partial charge in [-0.05, 0) is 73.0 Å². The van der Waals surface area contributed by atoms with E-state index < -0.39 is 5.91 Å². The molecule has 0 saturated carbocycles. The van der Waals surface area contributed by atoms with Crippen LogP contribution in [0.4, 0.5) is 5.00 Å². The first-order chi connectivity index (χ1) is 15.6. The van der Waals surface area contributed by atoms with Gasteiger partial charge in [0.15, 0.2) is 5.11 Å². The minimum Gasteiger partial charge on any atom is -0.494 e. The Morgan fingerprint density at radius 1 is 1.30 bits per heavy atom. The van der Waals surface area contributed by atoms with Crippen LogP contribution in [-0.4, -0.2) is 23.5 Å². The van der Waals surface area contributed by atoms with Gasteiger partial charge in [-0.15, -0.1) is 11.3 Å². The van der Waals surface area contributed by atoms with Crippen LogP contribution in [-0.2, 0) is 12.8 Å². The smallest absolute Gasteiger partial charge is 0.257 e. The molecule has 6 nitrogen and oxygen atoms in total. The van der Waals surface area contributed by atoms with Crippen LogP contribution in [0.15, 0.2) is 24.3 Å². The summed E-state index contributed by atoms with van der Waals surface area (Å²) in [7, 11) is 0. The molecule has 1 atom stereocenters. The molecule has 4 N–H and O–H groups in total. The van der Waals surface area contributed by atoms with Gasteiger partial charge in [-0.2, -0.15) is 0 Å². The minimum atomic E-state index is -0.477. The summed E-state index contributed by atoms with van der Waals surface area (Å²) in [5, 5.41) is 6.48. The maximum absolute atomic E-state index is 12.7. The van der Waals surface area contributed by atoms with Gasteiger partial charge in [0.1, 0.15) is 10.8 Å². The van der Waals surface area contributed by atoms with E-state index in [1.165, 1.54) is 16.2 Å². The molecule has 1 aromatic heterocycles. The van der Waals surface area contributed by atoms with Gasteiger partial charge < -0.3 is 15.8 Å². The van der Waals surface area contributed by atoms with Crippen LogP contribution in [0.5, 0.6) is 5.75 Å². The number of rotatable bonds is 7. The number of carbonyl (C=O) groups excluding carboxylic acids is 2. The Hall–Kier alpha value is -2.45. The first-order valence-electron chi connectivity index (χ1n) is 11.4. The first kappa shape index (κ1) is 25.2. The molecular formula is C25H33N3O3S2. The molecule has 0 fully saturated rings. The summed E-state index contributed by atoms with van der Waals surface area (Å²) >= 11 is 6.88. The van der Waals surface area contributed by atoms with Crippen LogP contribution in [0, 0.1) is 11.3 Å². The highest BCUT2D eigenvalue weighted by Crippen LogP contribution is 2.44. The lowest BCUT2D eigenvalue weighted by atomic mass is 9.72. The van der Waals surface area contributed by atoms with Crippen LogP contribution in [0.1, 0.15) is 78.1 Å². The number of benzene rings is 1. The van der Waals surface area contributed by atoms with Crippen molar-refractivity contribution in [1.29, 1.82) is 0 Å². The molecule has 178 valence electrons. The van der Waals surface area contributed by atoms with E-state index in [0.29, 0.717) is 34.4 Å². The molecule has 33 heavy (non-hydrogen) atoms. The molecule has 1 aromatic carbocycles. The van der Waals surface area contributed by atoms with Crippen molar-refractivity contribution in [2.75, 3.05) is 11.9 Å². The van der Waals surface area contributed by atoms with Gasteiger partial charge in [-0.3, -0.25) is 14.9 Å². The molecule has 0 aliphatic heterocycles. The number of thiophene rings is 1. The Balaban J connectivity index is 1.71. The Morgan fingerprint density at radius 3 is 2.73 bits per heavy atom. The SMILES string of the molecule is CCCCOc1cccc(C(=O)NC(=S)Nc2sc3c(c2C(N)=O)CC[C@@H](C(C)(C)C)C3)c1. The number of nitrogens with two attached hydrogens (primary N) is 1. The second-order valence-corrected chi connectivity index (χ2v) is 11.0. The first-order valence-corrected chi connectivity index (χ1v) is 12.6. The Labute approximate surface area is 205 Å². The molecule has 3 rings (SSSR count). The summed E-state index contributed by atoms with van der Waals surface area (Å²) in [4.78, 5) is 26.1. The van der Waals surface area contributed by atoms with E-state index in [1.807, 2.05) is 6.07 Å². The molecule has 0 spiro atoms. The molecule has 0 saturated heterocycles. The Kier molecular flexibility index (Phi) is 8.13. The molecule has 0 radical (unpaired) electrons. The normalized spacial score (nSPS) is 15.5. The predicted octanol–water partition coefficient (Wildman–Crippen LogP) is 5.30. The van der Waals surface area contributed by atoms with Crippen molar-refractivity contribution >= 4 is 45.5 Å². The van der Waals surface area contributed by atoms with E-state index >= 15 is 0 Å². The summed E-state index contributed by atoms with van der Waals surface area (Å²) in [5.41, 5.74) is 7.87. The van der Waals surface area contributed by atoms with Gasteiger partial charge in [-0.1, -0.05) is 40.2 Å². The van der Waals surface area contributed by atoms with Crippen LogP contribution < -0.4 is 21.1 Å². The van der Waals surface area contributed by atoms with Crippen molar-refractivity contribution in [3.8, 4) is 5.75 Å². The molecular weight excluding hydrogens is 454 g/mol. The lowest BCUT2D eigenvalue weighted by Crippen LogP contribution is -2.34. The fourth-order valence-electron chi connectivity index (χ4n) is 4.04. The third kappa shape index (κ3) is 6.32. The highest BCUT2D eigenvalue weighted by atomic mass is 32.1. The van der Waals surface area contributed by atoms with Crippen LogP contribution in [0.2, 0.25) is 0 Å². The number of fused-ring (bicyclic) bond motifs is 1. The molecule has 1 heterocycles. The maximum atomic E-state index is 12.7. The number of thiocarbonyl (C=S) groups is 1. The van der Waals surface area contributed by atoms with Crippen molar-refractivity contribution in [3.63, 3.8) is 0 Å². The molecule has 1 aliphatic carbocycles. The molecule has 2 amide bonds.